The molecule has 0 radical (unpaired) electrons. The molecule has 0 unspecified atom stereocenters. The number of hydrogen-bond donors (Lipinski definition) is 0. The zero-order chi connectivity index (χ0) is 9.68. The topological polar surface area (TPSA) is 38.9 Å². The first-order chi connectivity index (χ1) is 6.22. The van der Waals surface area contributed by atoms with Gasteiger partial charge in [0.25, 0.3) is 5.22 Å². The molecule has 1 aromatic rings. The van der Waals surface area contributed by atoms with Gasteiger partial charge in [-0.05, 0) is 6.26 Å². The first-order valence-corrected chi connectivity index (χ1v) is 6.25. The highest BCUT2D eigenvalue weighted by atomic mass is 35.5. The van der Waals surface area contributed by atoms with Crippen molar-refractivity contribution in [1.29, 1.82) is 0 Å². The van der Waals surface area contributed by atoms with Crippen LogP contribution in [0.4, 0.5) is 0 Å². The van der Waals surface area contributed by atoms with Crippen LogP contribution in [0.15, 0.2) is 21.3 Å². The first-order valence-electron chi connectivity index (χ1n) is 3.49. The lowest BCUT2D eigenvalue weighted by Crippen LogP contribution is -1.77. The van der Waals surface area contributed by atoms with E-state index in [0.29, 0.717) is 21.9 Å². The summed E-state index contributed by atoms with van der Waals surface area (Å²) in [7, 11) is 0. The molecular weight excluding hydrogens is 228 g/mol. The fourth-order valence-electron chi connectivity index (χ4n) is 0.618. The van der Waals surface area contributed by atoms with Crippen LogP contribution in [0.1, 0.15) is 5.89 Å². The number of aromatic nitrogens is 2. The highest BCUT2D eigenvalue weighted by Crippen LogP contribution is 2.20. The monoisotopic (exact) mass is 236 g/mol. The quantitative estimate of drug-likeness (QED) is 0.736. The van der Waals surface area contributed by atoms with E-state index in [4.69, 9.17) is 16.0 Å². The maximum atomic E-state index is 5.59. The fourth-order valence-corrected chi connectivity index (χ4v) is 1.68. The highest BCUT2D eigenvalue weighted by Gasteiger charge is 2.05. The predicted octanol–water partition coefficient (Wildman–Crippen LogP) is 2.78. The lowest BCUT2D eigenvalue weighted by atomic mass is 10.7. The maximum absolute atomic E-state index is 5.59. The molecule has 0 saturated heterocycles. The van der Waals surface area contributed by atoms with Gasteiger partial charge in [-0.3, -0.25) is 0 Å². The molecule has 1 rings (SSSR count). The van der Waals surface area contributed by atoms with Crippen LogP contribution in [-0.4, -0.2) is 22.2 Å². The average Bonchev–Trinajstić information content (AvgIpc) is 2.50. The summed E-state index contributed by atoms with van der Waals surface area (Å²) in [6, 6.07) is 0. The minimum absolute atomic E-state index is 0.547. The Morgan fingerprint density at radius 3 is 3.00 bits per heavy atom. The van der Waals surface area contributed by atoms with Gasteiger partial charge < -0.3 is 4.42 Å². The zero-order valence-electron chi connectivity index (χ0n) is 7.12. The molecule has 0 aliphatic carbocycles. The van der Waals surface area contributed by atoms with Gasteiger partial charge in [0.15, 0.2) is 0 Å². The molecule has 0 saturated carbocycles. The Labute approximate surface area is 90.3 Å². The minimum Gasteiger partial charge on any atom is -0.415 e. The van der Waals surface area contributed by atoms with Gasteiger partial charge in [-0.15, -0.1) is 10.2 Å². The molecule has 3 nitrogen and oxygen atoms in total. The van der Waals surface area contributed by atoms with Crippen LogP contribution in [0.25, 0.3) is 0 Å². The Morgan fingerprint density at radius 1 is 1.62 bits per heavy atom. The zero-order valence-corrected chi connectivity index (χ0v) is 9.51. The van der Waals surface area contributed by atoms with Crippen LogP contribution in [0.5, 0.6) is 0 Å². The third-order valence-electron chi connectivity index (χ3n) is 1.07. The average molecular weight is 237 g/mol. The van der Waals surface area contributed by atoms with E-state index < -0.39 is 0 Å². The van der Waals surface area contributed by atoms with Crippen LogP contribution in [0.2, 0.25) is 0 Å². The Kier molecular flexibility index (Phi) is 4.69. The van der Waals surface area contributed by atoms with Crippen LogP contribution in [-0.2, 0) is 5.75 Å². The SMILES string of the molecule is C=C(Cl)CSc1nnc(CSC)o1. The molecule has 72 valence electrons. The summed E-state index contributed by atoms with van der Waals surface area (Å²) in [4.78, 5) is 0. The van der Waals surface area contributed by atoms with Crippen molar-refractivity contribution < 1.29 is 4.42 Å². The van der Waals surface area contributed by atoms with Crippen molar-refractivity contribution in [3.05, 3.63) is 17.5 Å². The molecule has 0 aliphatic heterocycles. The summed E-state index contributed by atoms with van der Waals surface area (Å²) in [5.74, 6) is 1.99. The third-order valence-corrected chi connectivity index (χ3v) is 2.80. The molecule has 0 spiro atoms. The van der Waals surface area contributed by atoms with Crippen LogP contribution in [0.3, 0.4) is 0 Å². The normalized spacial score (nSPS) is 10.3. The highest BCUT2D eigenvalue weighted by molar-refractivity contribution is 7.99. The van der Waals surface area contributed by atoms with E-state index in [1.807, 2.05) is 6.26 Å². The Bertz CT molecular complexity index is 290. The Hall–Kier alpha value is -0.130. The van der Waals surface area contributed by atoms with Crippen molar-refractivity contribution in [2.24, 2.45) is 0 Å². The summed E-state index contributed by atoms with van der Waals surface area (Å²) in [5, 5.41) is 8.82. The van der Waals surface area contributed by atoms with E-state index in [-0.39, 0.29) is 0 Å². The molecule has 0 fully saturated rings. The first kappa shape index (κ1) is 10.9. The number of thioether (sulfide) groups is 2. The molecule has 0 aliphatic rings. The van der Waals surface area contributed by atoms with Gasteiger partial charge >= 0.3 is 0 Å². The minimum atomic E-state index is 0.547. The van der Waals surface area contributed by atoms with E-state index in [9.17, 15) is 0 Å². The van der Waals surface area contributed by atoms with Crippen molar-refractivity contribution in [3.63, 3.8) is 0 Å². The van der Waals surface area contributed by atoms with Crippen LogP contribution >= 0.6 is 35.1 Å². The molecule has 1 aromatic heterocycles. The van der Waals surface area contributed by atoms with Gasteiger partial charge in [0.1, 0.15) is 0 Å². The van der Waals surface area contributed by atoms with Gasteiger partial charge in [-0.1, -0.05) is 29.9 Å². The molecule has 13 heavy (non-hydrogen) atoms. The van der Waals surface area contributed by atoms with Crippen LogP contribution in [0, 0.1) is 0 Å². The summed E-state index contributed by atoms with van der Waals surface area (Å²) < 4.78 is 5.29. The molecule has 0 N–H and O–H groups in total. The Balaban J connectivity index is 2.44. The van der Waals surface area contributed by atoms with E-state index >= 15 is 0 Å². The number of nitrogens with zero attached hydrogens (tertiary/aromatic N) is 2. The molecule has 6 heteroatoms. The predicted molar refractivity (Wildman–Crippen MR) is 57.2 cm³/mol. The maximum Gasteiger partial charge on any atom is 0.276 e. The summed E-state index contributed by atoms with van der Waals surface area (Å²) in [6.07, 6.45) is 1.98. The van der Waals surface area contributed by atoms with Crippen molar-refractivity contribution in [3.8, 4) is 0 Å². The number of halogens is 1. The van der Waals surface area contributed by atoms with Gasteiger partial charge in [-0.2, -0.15) is 11.8 Å². The fraction of sp³-hybridized carbons (Fsp3) is 0.429. The van der Waals surface area contributed by atoms with Gasteiger partial charge in [0.05, 0.1) is 5.75 Å². The smallest absolute Gasteiger partial charge is 0.276 e. The summed E-state index contributed by atoms with van der Waals surface area (Å²) in [6.45, 7) is 3.56. The molecular formula is C7H9ClN2OS2. The Morgan fingerprint density at radius 2 is 2.38 bits per heavy atom. The molecule has 0 bridgehead atoms. The molecule has 0 amide bonds. The molecule has 0 atom stereocenters. The largest absolute Gasteiger partial charge is 0.415 e. The van der Waals surface area contributed by atoms with Crippen molar-refractivity contribution in [2.45, 2.75) is 11.0 Å². The second-order valence-electron chi connectivity index (χ2n) is 2.20. The standard InChI is InChI=1S/C7H9ClN2OS2/c1-5(8)3-13-7-10-9-6(11-7)4-12-2/h1,3-4H2,2H3. The number of hydrogen-bond acceptors (Lipinski definition) is 5. The molecule has 0 aromatic carbocycles. The van der Waals surface area contributed by atoms with Crippen molar-refractivity contribution >= 4 is 35.1 Å². The third kappa shape index (κ3) is 4.06. The second-order valence-corrected chi connectivity index (χ2v) is 4.53. The van der Waals surface area contributed by atoms with Crippen molar-refractivity contribution in [2.75, 3.05) is 12.0 Å². The van der Waals surface area contributed by atoms with Gasteiger partial charge in [0, 0.05) is 10.8 Å². The van der Waals surface area contributed by atoms with E-state index in [0.717, 1.165) is 5.75 Å². The summed E-state index contributed by atoms with van der Waals surface area (Å²) >= 11 is 8.62. The lowest BCUT2D eigenvalue weighted by Gasteiger charge is -1.91. The lowest BCUT2D eigenvalue weighted by molar-refractivity contribution is 0.427. The van der Waals surface area contributed by atoms with E-state index in [1.165, 1.54) is 11.8 Å². The summed E-state index contributed by atoms with van der Waals surface area (Å²) in [5.41, 5.74) is 0. The van der Waals surface area contributed by atoms with Gasteiger partial charge in [0.2, 0.25) is 5.89 Å². The second kappa shape index (κ2) is 5.57. The van der Waals surface area contributed by atoms with E-state index in [1.54, 1.807) is 11.8 Å². The number of rotatable bonds is 5. The van der Waals surface area contributed by atoms with Gasteiger partial charge in [-0.25, -0.2) is 0 Å². The van der Waals surface area contributed by atoms with Crippen molar-refractivity contribution in [1.82, 2.24) is 10.2 Å². The molecule has 1 heterocycles. The van der Waals surface area contributed by atoms with E-state index in [2.05, 4.69) is 16.8 Å². The van der Waals surface area contributed by atoms with Crippen LogP contribution < -0.4 is 0 Å².